The van der Waals surface area contributed by atoms with Crippen LogP contribution < -0.4 is 10.5 Å². The highest BCUT2D eigenvalue weighted by molar-refractivity contribution is 7.89. The summed E-state index contributed by atoms with van der Waals surface area (Å²) in [7, 11) is -3.81. The lowest BCUT2D eigenvalue weighted by Gasteiger charge is -2.14. The van der Waals surface area contributed by atoms with E-state index in [1.807, 2.05) is 0 Å². The molecular formula is C16H15ClN2O5S. The molecule has 0 aromatic heterocycles. The molecule has 0 aliphatic rings. The molecule has 7 nitrogen and oxygen atoms in total. The number of ether oxygens (including phenoxy) is 1. The number of anilines is 1. The molecule has 25 heavy (non-hydrogen) atoms. The van der Waals surface area contributed by atoms with Crippen molar-refractivity contribution in [1.29, 1.82) is 0 Å². The number of nitrogens with one attached hydrogen (secondary N) is 1. The second kappa shape index (κ2) is 7.64. The first-order valence-corrected chi connectivity index (χ1v) is 8.99. The van der Waals surface area contributed by atoms with Gasteiger partial charge in [0.05, 0.1) is 10.5 Å². The van der Waals surface area contributed by atoms with Crippen molar-refractivity contribution in [1.82, 2.24) is 0 Å². The fourth-order valence-electron chi connectivity index (χ4n) is 1.87. The normalized spacial score (nSPS) is 12.3. The molecule has 0 fully saturated rings. The summed E-state index contributed by atoms with van der Waals surface area (Å²) in [6.45, 7) is 1.41. The zero-order valence-electron chi connectivity index (χ0n) is 13.1. The molecule has 2 aromatic carbocycles. The fourth-order valence-corrected chi connectivity index (χ4v) is 2.58. The van der Waals surface area contributed by atoms with Gasteiger partial charge < -0.3 is 10.1 Å². The van der Waals surface area contributed by atoms with Gasteiger partial charge in [-0.05, 0) is 49.4 Å². The van der Waals surface area contributed by atoms with E-state index in [1.54, 1.807) is 12.1 Å². The minimum Gasteiger partial charge on any atom is -0.449 e. The Balaban J connectivity index is 1.99. The number of hydrogen-bond donors (Lipinski definition) is 2. The average molecular weight is 383 g/mol. The summed E-state index contributed by atoms with van der Waals surface area (Å²) in [5.41, 5.74) is 0.563. The molecule has 9 heteroatoms. The van der Waals surface area contributed by atoms with Crippen LogP contribution in [0.15, 0.2) is 53.4 Å². The van der Waals surface area contributed by atoms with Gasteiger partial charge in [-0.15, -0.1) is 0 Å². The molecule has 0 spiro atoms. The summed E-state index contributed by atoms with van der Waals surface area (Å²) in [6.07, 6.45) is -1.07. The predicted molar refractivity (Wildman–Crippen MR) is 92.8 cm³/mol. The molecule has 2 aromatic rings. The van der Waals surface area contributed by atoms with Gasteiger partial charge in [0.15, 0.2) is 6.10 Å². The highest BCUT2D eigenvalue weighted by Gasteiger charge is 2.19. The number of carbonyl (C=O) groups is 2. The number of rotatable bonds is 5. The molecule has 1 atom stereocenters. The quantitative estimate of drug-likeness (QED) is 0.769. The number of sulfonamides is 1. The summed E-state index contributed by atoms with van der Waals surface area (Å²) < 4.78 is 27.4. The SMILES string of the molecule is C[C@H](OC(=O)c1cccc(Cl)c1)C(=O)Nc1ccc(S(N)(=O)=O)cc1. The first kappa shape index (κ1) is 18.9. The van der Waals surface area contributed by atoms with Gasteiger partial charge in [0.25, 0.3) is 5.91 Å². The van der Waals surface area contributed by atoms with Crippen molar-refractivity contribution in [2.24, 2.45) is 5.14 Å². The van der Waals surface area contributed by atoms with Crippen LogP contribution in [0.5, 0.6) is 0 Å². The maximum absolute atomic E-state index is 12.1. The van der Waals surface area contributed by atoms with E-state index in [1.165, 1.54) is 43.3 Å². The van der Waals surface area contributed by atoms with Crippen LogP contribution in [0.1, 0.15) is 17.3 Å². The molecule has 0 saturated carbocycles. The summed E-state index contributed by atoms with van der Waals surface area (Å²) >= 11 is 5.80. The number of hydrogen-bond acceptors (Lipinski definition) is 5. The summed E-state index contributed by atoms with van der Waals surface area (Å²) in [5.74, 6) is -1.26. The third kappa shape index (κ3) is 5.28. The number of primary sulfonamides is 1. The first-order valence-electron chi connectivity index (χ1n) is 7.07. The molecule has 0 heterocycles. The Labute approximate surface area is 149 Å². The minimum absolute atomic E-state index is 0.0778. The van der Waals surface area contributed by atoms with Crippen molar-refractivity contribution < 1.29 is 22.7 Å². The van der Waals surface area contributed by atoms with Crippen molar-refractivity contribution in [2.45, 2.75) is 17.9 Å². The molecule has 0 aliphatic carbocycles. The molecule has 3 N–H and O–H groups in total. The van der Waals surface area contributed by atoms with Gasteiger partial charge in [-0.1, -0.05) is 17.7 Å². The Kier molecular flexibility index (Phi) is 5.78. The van der Waals surface area contributed by atoms with Crippen LogP contribution in [-0.2, 0) is 19.6 Å². The first-order chi connectivity index (χ1) is 11.7. The van der Waals surface area contributed by atoms with Crippen molar-refractivity contribution in [2.75, 3.05) is 5.32 Å². The van der Waals surface area contributed by atoms with E-state index in [4.69, 9.17) is 21.5 Å². The van der Waals surface area contributed by atoms with Crippen molar-refractivity contribution in [3.8, 4) is 0 Å². The fraction of sp³-hybridized carbons (Fsp3) is 0.125. The second-order valence-corrected chi connectivity index (χ2v) is 7.11. The highest BCUT2D eigenvalue weighted by atomic mass is 35.5. The van der Waals surface area contributed by atoms with Crippen LogP contribution in [0.2, 0.25) is 5.02 Å². The van der Waals surface area contributed by atoms with E-state index < -0.39 is 28.0 Å². The Morgan fingerprint density at radius 2 is 1.80 bits per heavy atom. The van der Waals surface area contributed by atoms with Crippen LogP contribution in [0.3, 0.4) is 0 Å². The Hall–Kier alpha value is -2.42. The van der Waals surface area contributed by atoms with E-state index in [-0.39, 0.29) is 10.5 Å². The van der Waals surface area contributed by atoms with Crippen LogP contribution >= 0.6 is 11.6 Å². The Morgan fingerprint density at radius 3 is 2.36 bits per heavy atom. The maximum Gasteiger partial charge on any atom is 0.338 e. The van der Waals surface area contributed by atoms with Crippen molar-refractivity contribution in [3.63, 3.8) is 0 Å². The third-order valence-corrected chi connectivity index (χ3v) is 4.33. The number of carbonyl (C=O) groups excluding carboxylic acids is 2. The average Bonchev–Trinajstić information content (AvgIpc) is 2.54. The maximum atomic E-state index is 12.1. The lowest BCUT2D eigenvalue weighted by Crippen LogP contribution is -2.30. The standard InChI is InChI=1S/C16H15ClN2O5S/c1-10(24-16(21)11-3-2-4-12(17)9-11)15(20)19-13-5-7-14(8-6-13)25(18,22)23/h2-10H,1H3,(H,19,20)(H2,18,22,23)/t10-/m0/s1. The van der Waals surface area contributed by atoms with E-state index in [0.717, 1.165) is 0 Å². The van der Waals surface area contributed by atoms with E-state index >= 15 is 0 Å². The lowest BCUT2D eigenvalue weighted by atomic mass is 10.2. The minimum atomic E-state index is -3.81. The highest BCUT2D eigenvalue weighted by Crippen LogP contribution is 2.15. The molecule has 1 amide bonds. The molecule has 132 valence electrons. The number of nitrogens with two attached hydrogens (primary N) is 1. The summed E-state index contributed by atoms with van der Waals surface area (Å²) in [6, 6.07) is 11.4. The van der Waals surface area contributed by atoms with Gasteiger partial charge in [-0.3, -0.25) is 4.79 Å². The Morgan fingerprint density at radius 1 is 1.16 bits per heavy atom. The lowest BCUT2D eigenvalue weighted by molar-refractivity contribution is -0.123. The third-order valence-electron chi connectivity index (χ3n) is 3.16. The summed E-state index contributed by atoms with van der Waals surface area (Å²) in [5, 5.41) is 7.88. The van der Waals surface area contributed by atoms with E-state index in [2.05, 4.69) is 5.32 Å². The number of esters is 1. The monoisotopic (exact) mass is 382 g/mol. The van der Waals surface area contributed by atoms with Crippen molar-refractivity contribution in [3.05, 3.63) is 59.1 Å². The molecular weight excluding hydrogens is 368 g/mol. The van der Waals surface area contributed by atoms with Gasteiger partial charge in [-0.2, -0.15) is 0 Å². The molecule has 0 saturated heterocycles. The Bertz CT molecular complexity index is 897. The van der Waals surface area contributed by atoms with E-state index in [0.29, 0.717) is 10.7 Å². The molecule has 0 bridgehead atoms. The molecule has 0 radical (unpaired) electrons. The molecule has 0 unspecified atom stereocenters. The van der Waals surface area contributed by atoms with Gasteiger partial charge in [-0.25, -0.2) is 18.4 Å². The van der Waals surface area contributed by atoms with Crippen LogP contribution in [0, 0.1) is 0 Å². The van der Waals surface area contributed by atoms with Crippen molar-refractivity contribution >= 4 is 39.2 Å². The van der Waals surface area contributed by atoms with Crippen LogP contribution in [0.25, 0.3) is 0 Å². The van der Waals surface area contributed by atoms with E-state index in [9.17, 15) is 18.0 Å². The van der Waals surface area contributed by atoms with Crippen LogP contribution in [0.4, 0.5) is 5.69 Å². The molecule has 2 rings (SSSR count). The zero-order valence-corrected chi connectivity index (χ0v) is 14.7. The number of benzene rings is 2. The topological polar surface area (TPSA) is 116 Å². The number of halogens is 1. The van der Waals surface area contributed by atoms with Gasteiger partial charge in [0.2, 0.25) is 10.0 Å². The largest absolute Gasteiger partial charge is 0.449 e. The zero-order chi connectivity index (χ0) is 18.6. The predicted octanol–water partition coefficient (Wildman–Crippen LogP) is 2.17. The smallest absolute Gasteiger partial charge is 0.338 e. The molecule has 0 aliphatic heterocycles. The van der Waals surface area contributed by atoms with Crippen LogP contribution in [-0.4, -0.2) is 26.4 Å². The van der Waals surface area contributed by atoms with Gasteiger partial charge >= 0.3 is 5.97 Å². The second-order valence-electron chi connectivity index (χ2n) is 5.12. The van der Waals surface area contributed by atoms with Gasteiger partial charge in [0, 0.05) is 10.7 Å². The number of amides is 1. The van der Waals surface area contributed by atoms with Gasteiger partial charge in [0.1, 0.15) is 0 Å². The summed E-state index contributed by atoms with van der Waals surface area (Å²) in [4.78, 5) is 24.0.